The number of ether oxygens (including phenoxy) is 1. The summed E-state index contributed by atoms with van der Waals surface area (Å²) in [7, 11) is 0. The van der Waals surface area contributed by atoms with Gasteiger partial charge in [-0.15, -0.1) is 0 Å². The zero-order valence-electron chi connectivity index (χ0n) is 18.2. The fourth-order valence-corrected chi connectivity index (χ4v) is 4.16. The fraction of sp³-hybridized carbons (Fsp3) is 0.320. The van der Waals surface area contributed by atoms with Crippen molar-refractivity contribution >= 4 is 17.0 Å². The van der Waals surface area contributed by atoms with Crippen LogP contribution in [0.4, 0.5) is 0 Å². The Balaban J connectivity index is 1.22. The van der Waals surface area contributed by atoms with Gasteiger partial charge in [0.05, 0.1) is 11.3 Å². The van der Waals surface area contributed by atoms with Crippen LogP contribution in [-0.4, -0.2) is 34.0 Å². The van der Waals surface area contributed by atoms with Gasteiger partial charge in [-0.3, -0.25) is 4.79 Å². The average Bonchev–Trinajstić information content (AvgIpc) is 3.40. The number of para-hydroxylation sites is 2. The van der Waals surface area contributed by atoms with Crippen LogP contribution >= 0.6 is 0 Å². The van der Waals surface area contributed by atoms with E-state index < -0.39 is 0 Å². The van der Waals surface area contributed by atoms with Crippen molar-refractivity contribution in [1.29, 1.82) is 0 Å². The summed E-state index contributed by atoms with van der Waals surface area (Å²) in [6.45, 7) is 5.45. The van der Waals surface area contributed by atoms with Crippen molar-refractivity contribution in [3.05, 3.63) is 77.0 Å². The Morgan fingerprint density at radius 2 is 1.94 bits per heavy atom. The number of nitrogens with zero attached hydrogens (tertiary/aromatic N) is 3. The van der Waals surface area contributed by atoms with Gasteiger partial charge in [0.25, 0.3) is 5.91 Å². The summed E-state index contributed by atoms with van der Waals surface area (Å²) in [6.07, 6.45) is 1.67. The van der Waals surface area contributed by atoms with Gasteiger partial charge in [-0.2, -0.15) is 0 Å². The number of hydrogen-bond donors (Lipinski definition) is 0. The number of fused-ring (bicyclic) bond motifs is 1. The van der Waals surface area contributed by atoms with Gasteiger partial charge in [-0.05, 0) is 57.0 Å². The number of rotatable bonds is 5. The first-order chi connectivity index (χ1) is 15.6. The number of amides is 1. The van der Waals surface area contributed by atoms with Gasteiger partial charge >= 0.3 is 0 Å². The van der Waals surface area contributed by atoms with Gasteiger partial charge in [0.1, 0.15) is 23.6 Å². The molecule has 0 bridgehead atoms. The number of oxazole rings is 1. The smallest absolute Gasteiger partial charge is 0.253 e. The maximum atomic E-state index is 13.1. The highest BCUT2D eigenvalue weighted by Gasteiger charge is 2.27. The predicted octanol–water partition coefficient (Wildman–Crippen LogP) is 5.03. The summed E-state index contributed by atoms with van der Waals surface area (Å²) in [5.74, 6) is 2.42. The van der Waals surface area contributed by atoms with Crippen LogP contribution in [0.2, 0.25) is 0 Å². The summed E-state index contributed by atoms with van der Waals surface area (Å²) in [6, 6.07) is 15.1. The Bertz CT molecular complexity index is 1200. The van der Waals surface area contributed by atoms with Crippen LogP contribution in [0.3, 0.4) is 0 Å². The van der Waals surface area contributed by atoms with E-state index >= 15 is 0 Å². The van der Waals surface area contributed by atoms with Crippen molar-refractivity contribution in [3.8, 4) is 5.75 Å². The molecule has 2 aromatic carbocycles. The Kier molecular flexibility index (Phi) is 5.39. The zero-order chi connectivity index (χ0) is 22.1. The molecule has 1 saturated heterocycles. The van der Waals surface area contributed by atoms with Crippen molar-refractivity contribution < 1.29 is 18.5 Å². The van der Waals surface area contributed by atoms with Gasteiger partial charge in [0, 0.05) is 24.6 Å². The number of aryl methyl sites for hydroxylation is 2. The molecule has 0 radical (unpaired) electrons. The molecule has 0 N–H and O–H groups in total. The predicted molar refractivity (Wildman–Crippen MR) is 119 cm³/mol. The van der Waals surface area contributed by atoms with E-state index in [-0.39, 0.29) is 11.8 Å². The first-order valence-electron chi connectivity index (χ1n) is 10.9. The minimum atomic E-state index is 0.0174. The summed E-state index contributed by atoms with van der Waals surface area (Å²) in [5.41, 5.74) is 4.07. The summed E-state index contributed by atoms with van der Waals surface area (Å²) < 4.78 is 17.0. The highest BCUT2D eigenvalue weighted by atomic mass is 16.5. The molecular formula is C25H25N3O4. The monoisotopic (exact) mass is 431 g/mol. The Labute approximate surface area is 186 Å². The van der Waals surface area contributed by atoms with Gasteiger partial charge < -0.3 is 18.6 Å². The van der Waals surface area contributed by atoms with Crippen molar-refractivity contribution in [2.45, 2.75) is 39.2 Å². The Morgan fingerprint density at radius 3 is 2.69 bits per heavy atom. The van der Waals surface area contributed by atoms with E-state index in [1.165, 1.54) is 0 Å². The molecule has 5 rings (SSSR count). The molecule has 0 spiro atoms. The van der Waals surface area contributed by atoms with Crippen molar-refractivity contribution in [2.75, 3.05) is 13.1 Å². The molecule has 164 valence electrons. The van der Waals surface area contributed by atoms with Gasteiger partial charge in [-0.1, -0.05) is 23.4 Å². The molecule has 1 aliphatic heterocycles. The Morgan fingerprint density at radius 1 is 1.12 bits per heavy atom. The van der Waals surface area contributed by atoms with E-state index in [2.05, 4.69) is 10.1 Å². The second kappa shape index (κ2) is 8.49. The number of carbonyl (C=O) groups excluding carboxylic acids is 1. The third-order valence-electron chi connectivity index (χ3n) is 6.09. The van der Waals surface area contributed by atoms with Crippen LogP contribution < -0.4 is 4.74 Å². The van der Waals surface area contributed by atoms with Gasteiger partial charge in [0.2, 0.25) is 0 Å². The second-order valence-electron chi connectivity index (χ2n) is 8.21. The number of aromatic nitrogens is 2. The molecule has 7 nitrogen and oxygen atoms in total. The molecule has 0 atom stereocenters. The number of likely N-dealkylation sites (tertiary alicyclic amines) is 1. The molecule has 2 aromatic heterocycles. The van der Waals surface area contributed by atoms with Crippen molar-refractivity contribution in [2.24, 2.45) is 0 Å². The number of hydrogen-bond acceptors (Lipinski definition) is 6. The fourth-order valence-electron chi connectivity index (χ4n) is 4.16. The SMILES string of the molecule is Cc1noc(C)c1COc1cccc(C(=O)N2CCC(c3nc4ccccc4o3)CC2)c1. The van der Waals surface area contributed by atoms with Crippen LogP contribution in [0.15, 0.2) is 57.5 Å². The molecule has 32 heavy (non-hydrogen) atoms. The molecule has 0 aliphatic carbocycles. The van der Waals surface area contributed by atoms with Crippen molar-refractivity contribution in [1.82, 2.24) is 15.0 Å². The standard InChI is InChI=1S/C25H25N3O4/c1-16-21(17(2)32-27-16)15-30-20-7-5-6-19(14-20)25(29)28-12-10-18(11-13-28)24-26-22-8-3-4-9-23(22)31-24/h3-9,14,18H,10-13,15H2,1-2H3. The third-order valence-corrected chi connectivity index (χ3v) is 6.09. The summed E-state index contributed by atoms with van der Waals surface area (Å²) in [5, 5.41) is 3.95. The highest BCUT2D eigenvalue weighted by molar-refractivity contribution is 5.94. The molecule has 7 heteroatoms. The minimum Gasteiger partial charge on any atom is -0.489 e. The van der Waals surface area contributed by atoms with E-state index in [9.17, 15) is 4.79 Å². The van der Waals surface area contributed by atoms with Crippen molar-refractivity contribution in [3.63, 3.8) is 0 Å². The average molecular weight is 431 g/mol. The molecular weight excluding hydrogens is 406 g/mol. The number of benzene rings is 2. The minimum absolute atomic E-state index is 0.0174. The molecule has 0 saturated carbocycles. The first kappa shape index (κ1) is 20.3. The highest BCUT2D eigenvalue weighted by Crippen LogP contribution is 2.30. The van der Waals surface area contributed by atoms with E-state index in [0.29, 0.717) is 31.0 Å². The summed E-state index contributed by atoms with van der Waals surface area (Å²) >= 11 is 0. The maximum absolute atomic E-state index is 13.1. The number of carbonyl (C=O) groups is 1. The topological polar surface area (TPSA) is 81.6 Å². The molecule has 4 aromatic rings. The first-order valence-corrected chi connectivity index (χ1v) is 10.9. The molecule has 1 aliphatic rings. The van der Waals surface area contributed by atoms with E-state index in [0.717, 1.165) is 46.8 Å². The molecule has 0 unspecified atom stereocenters. The molecule has 1 fully saturated rings. The second-order valence-corrected chi connectivity index (χ2v) is 8.21. The zero-order valence-corrected chi connectivity index (χ0v) is 18.2. The van der Waals surface area contributed by atoms with Crippen LogP contribution in [-0.2, 0) is 6.61 Å². The Hall–Kier alpha value is -3.61. The lowest BCUT2D eigenvalue weighted by Crippen LogP contribution is -2.38. The lowest BCUT2D eigenvalue weighted by atomic mass is 9.96. The normalized spacial score (nSPS) is 14.8. The maximum Gasteiger partial charge on any atom is 0.253 e. The van der Waals surface area contributed by atoms with Crippen LogP contribution in [0.1, 0.15) is 52.0 Å². The number of piperidine rings is 1. The van der Waals surface area contributed by atoms with Crippen LogP contribution in [0, 0.1) is 13.8 Å². The molecule has 3 heterocycles. The van der Waals surface area contributed by atoms with Gasteiger partial charge in [-0.25, -0.2) is 4.98 Å². The lowest BCUT2D eigenvalue weighted by molar-refractivity contribution is 0.0706. The van der Waals surface area contributed by atoms with E-state index in [1.807, 2.05) is 61.2 Å². The van der Waals surface area contributed by atoms with E-state index in [1.54, 1.807) is 6.07 Å². The quantitative estimate of drug-likeness (QED) is 0.441. The third kappa shape index (κ3) is 3.98. The largest absolute Gasteiger partial charge is 0.489 e. The summed E-state index contributed by atoms with van der Waals surface area (Å²) in [4.78, 5) is 19.6. The molecule has 1 amide bonds. The van der Waals surface area contributed by atoms with Crippen LogP contribution in [0.5, 0.6) is 5.75 Å². The lowest BCUT2D eigenvalue weighted by Gasteiger charge is -2.30. The van der Waals surface area contributed by atoms with Crippen LogP contribution in [0.25, 0.3) is 11.1 Å². The van der Waals surface area contributed by atoms with Gasteiger partial charge in [0.15, 0.2) is 11.5 Å². The van der Waals surface area contributed by atoms with E-state index in [4.69, 9.17) is 13.7 Å².